The molecule has 2 rings (SSSR count). The van der Waals surface area contributed by atoms with Gasteiger partial charge in [-0.2, -0.15) is 0 Å². The molecule has 2 aromatic rings. The van der Waals surface area contributed by atoms with Crippen molar-refractivity contribution in [3.05, 3.63) is 52.3 Å². The van der Waals surface area contributed by atoms with Gasteiger partial charge in [0.25, 0.3) is 5.91 Å². The fraction of sp³-hybridized carbons (Fsp3) is 0.294. The predicted octanol–water partition coefficient (Wildman–Crippen LogP) is 4.23. The first-order valence-electron chi connectivity index (χ1n) is 7.17. The molecule has 1 aromatic heterocycles. The molecule has 0 fully saturated rings. The van der Waals surface area contributed by atoms with Crippen LogP contribution in [-0.2, 0) is 0 Å². The molecule has 0 saturated heterocycles. The molecule has 0 aliphatic rings. The summed E-state index contributed by atoms with van der Waals surface area (Å²) in [4.78, 5) is 16.0. The molecule has 0 unspecified atom stereocenters. The molecule has 2 N–H and O–H groups in total. The lowest BCUT2D eigenvalue weighted by Crippen LogP contribution is -2.30. The lowest BCUT2D eigenvalue weighted by atomic mass is 10.1. The van der Waals surface area contributed by atoms with Crippen molar-refractivity contribution in [2.75, 3.05) is 5.32 Å². The van der Waals surface area contributed by atoms with Crippen LogP contribution >= 0.6 is 11.6 Å². The average molecular weight is 318 g/mol. The van der Waals surface area contributed by atoms with Crippen LogP contribution < -0.4 is 10.6 Å². The van der Waals surface area contributed by atoms with Gasteiger partial charge in [-0.05, 0) is 57.0 Å². The highest BCUT2D eigenvalue weighted by Gasteiger charge is 2.09. The minimum absolute atomic E-state index is 0.0844. The van der Waals surface area contributed by atoms with Crippen molar-refractivity contribution in [1.29, 1.82) is 0 Å². The Morgan fingerprint density at radius 2 is 1.95 bits per heavy atom. The van der Waals surface area contributed by atoms with Gasteiger partial charge in [0, 0.05) is 6.04 Å². The number of aromatic nitrogens is 1. The zero-order valence-electron chi connectivity index (χ0n) is 13.2. The molecular formula is C17H20ClN3O. The molecule has 4 nitrogen and oxygen atoms in total. The largest absolute Gasteiger partial charge is 0.353 e. The second-order valence-electron chi connectivity index (χ2n) is 5.62. The van der Waals surface area contributed by atoms with Gasteiger partial charge in [0.2, 0.25) is 0 Å². The van der Waals surface area contributed by atoms with Gasteiger partial charge in [-0.25, -0.2) is 4.98 Å². The Kier molecular flexibility index (Phi) is 5.03. The maximum Gasteiger partial charge on any atom is 0.270 e. The van der Waals surface area contributed by atoms with Gasteiger partial charge in [0.05, 0.1) is 22.6 Å². The normalized spacial score (nSPS) is 10.6. The van der Waals surface area contributed by atoms with Gasteiger partial charge in [0.15, 0.2) is 0 Å². The second kappa shape index (κ2) is 6.79. The van der Waals surface area contributed by atoms with Crippen molar-refractivity contribution in [2.24, 2.45) is 0 Å². The highest BCUT2D eigenvalue weighted by molar-refractivity contribution is 6.33. The standard InChI is InChI=1S/C17H20ClN3O/c1-10(2)20-17(22)15-6-5-13(9-19-15)21-16-12(4)7-11(3)8-14(16)18/h5-10,21H,1-4H3,(H,20,22). The first-order valence-corrected chi connectivity index (χ1v) is 7.55. The van der Waals surface area contributed by atoms with Gasteiger partial charge >= 0.3 is 0 Å². The van der Waals surface area contributed by atoms with Crippen LogP contribution in [0.1, 0.15) is 35.5 Å². The zero-order valence-corrected chi connectivity index (χ0v) is 14.0. The Morgan fingerprint density at radius 1 is 1.23 bits per heavy atom. The van der Waals surface area contributed by atoms with Crippen LogP contribution in [0.2, 0.25) is 5.02 Å². The van der Waals surface area contributed by atoms with Crippen LogP contribution in [0, 0.1) is 13.8 Å². The molecule has 0 spiro atoms. The van der Waals surface area contributed by atoms with E-state index in [1.54, 1.807) is 12.3 Å². The predicted molar refractivity (Wildman–Crippen MR) is 91.0 cm³/mol. The number of carbonyl (C=O) groups excluding carboxylic acids is 1. The number of nitrogens with zero attached hydrogens (tertiary/aromatic N) is 1. The van der Waals surface area contributed by atoms with Crippen molar-refractivity contribution in [1.82, 2.24) is 10.3 Å². The number of amides is 1. The van der Waals surface area contributed by atoms with Crippen molar-refractivity contribution in [3.63, 3.8) is 0 Å². The number of carbonyl (C=O) groups is 1. The molecule has 0 aliphatic heterocycles. The number of benzene rings is 1. The maximum atomic E-state index is 11.9. The van der Waals surface area contributed by atoms with E-state index in [1.807, 2.05) is 39.8 Å². The summed E-state index contributed by atoms with van der Waals surface area (Å²) < 4.78 is 0. The van der Waals surface area contributed by atoms with E-state index in [1.165, 1.54) is 0 Å². The fourth-order valence-electron chi connectivity index (χ4n) is 2.16. The lowest BCUT2D eigenvalue weighted by molar-refractivity contribution is 0.0938. The topological polar surface area (TPSA) is 54.0 Å². The molecule has 22 heavy (non-hydrogen) atoms. The summed E-state index contributed by atoms with van der Waals surface area (Å²) in [5, 5.41) is 6.72. The van der Waals surface area contributed by atoms with Crippen LogP contribution in [0.4, 0.5) is 11.4 Å². The average Bonchev–Trinajstić information content (AvgIpc) is 2.42. The Labute approximate surface area is 135 Å². The molecule has 1 amide bonds. The lowest BCUT2D eigenvalue weighted by Gasteiger charge is -2.13. The third-order valence-corrected chi connectivity index (χ3v) is 3.42. The van der Waals surface area contributed by atoms with E-state index >= 15 is 0 Å². The second-order valence-corrected chi connectivity index (χ2v) is 6.03. The summed E-state index contributed by atoms with van der Waals surface area (Å²) in [6, 6.07) is 7.57. The fourth-order valence-corrected chi connectivity index (χ4v) is 2.53. The number of hydrogen-bond acceptors (Lipinski definition) is 3. The summed E-state index contributed by atoms with van der Waals surface area (Å²) in [6.07, 6.45) is 1.63. The first-order chi connectivity index (χ1) is 10.4. The van der Waals surface area contributed by atoms with E-state index < -0.39 is 0 Å². The number of hydrogen-bond donors (Lipinski definition) is 2. The highest BCUT2D eigenvalue weighted by atomic mass is 35.5. The summed E-state index contributed by atoms with van der Waals surface area (Å²) in [5.41, 5.74) is 4.22. The van der Waals surface area contributed by atoms with E-state index in [0.717, 1.165) is 22.5 Å². The van der Waals surface area contributed by atoms with Crippen LogP contribution in [0.3, 0.4) is 0 Å². The number of halogens is 1. The maximum absolute atomic E-state index is 11.9. The molecule has 0 aliphatic carbocycles. The van der Waals surface area contributed by atoms with Gasteiger partial charge in [-0.3, -0.25) is 4.79 Å². The third kappa shape index (κ3) is 3.98. The van der Waals surface area contributed by atoms with E-state index in [2.05, 4.69) is 21.7 Å². The monoisotopic (exact) mass is 317 g/mol. The van der Waals surface area contributed by atoms with Crippen molar-refractivity contribution >= 4 is 28.9 Å². The van der Waals surface area contributed by atoms with Gasteiger partial charge in [-0.15, -0.1) is 0 Å². The van der Waals surface area contributed by atoms with Crippen molar-refractivity contribution < 1.29 is 4.79 Å². The third-order valence-electron chi connectivity index (χ3n) is 3.12. The molecular weight excluding hydrogens is 298 g/mol. The van der Waals surface area contributed by atoms with E-state index in [4.69, 9.17) is 11.6 Å². The summed E-state index contributed by atoms with van der Waals surface area (Å²) in [6.45, 7) is 7.83. The number of aryl methyl sites for hydroxylation is 2. The van der Waals surface area contributed by atoms with E-state index in [9.17, 15) is 4.79 Å². The summed E-state index contributed by atoms with van der Waals surface area (Å²) in [7, 11) is 0. The first kappa shape index (κ1) is 16.3. The van der Waals surface area contributed by atoms with Crippen molar-refractivity contribution in [2.45, 2.75) is 33.7 Å². The van der Waals surface area contributed by atoms with E-state index in [-0.39, 0.29) is 11.9 Å². The van der Waals surface area contributed by atoms with E-state index in [0.29, 0.717) is 10.7 Å². The number of anilines is 2. The molecule has 1 heterocycles. The molecule has 0 atom stereocenters. The van der Waals surface area contributed by atoms with Crippen LogP contribution in [0.5, 0.6) is 0 Å². The molecule has 5 heteroatoms. The molecule has 1 aromatic carbocycles. The van der Waals surface area contributed by atoms with Gasteiger partial charge in [-0.1, -0.05) is 17.7 Å². The van der Waals surface area contributed by atoms with Crippen LogP contribution in [0.15, 0.2) is 30.5 Å². The zero-order chi connectivity index (χ0) is 16.3. The quantitative estimate of drug-likeness (QED) is 0.887. The minimum Gasteiger partial charge on any atom is -0.353 e. The van der Waals surface area contributed by atoms with Crippen molar-refractivity contribution in [3.8, 4) is 0 Å². The molecule has 116 valence electrons. The molecule has 0 bridgehead atoms. The number of pyridine rings is 1. The Balaban J connectivity index is 2.17. The summed E-state index contributed by atoms with van der Waals surface area (Å²) in [5.74, 6) is -0.175. The Hall–Kier alpha value is -2.07. The SMILES string of the molecule is Cc1cc(C)c(Nc2ccc(C(=O)NC(C)C)nc2)c(Cl)c1. The number of nitrogens with one attached hydrogen (secondary N) is 2. The summed E-state index contributed by atoms with van der Waals surface area (Å²) >= 11 is 6.28. The molecule has 0 radical (unpaired) electrons. The van der Waals surface area contributed by atoms with Crippen LogP contribution in [-0.4, -0.2) is 16.9 Å². The smallest absolute Gasteiger partial charge is 0.270 e. The molecule has 0 saturated carbocycles. The van der Waals surface area contributed by atoms with Gasteiger partial charge < -0.3 is 10.6 Å². The Morgan fingerprint density at radius 3 is 2.50 bits per heavy atom. The highest BCUT2D eigenvalue weighted by Crippen LogP contribution is 2.30. The number of rotatable bonds is 4. The Bertz CT molecular complexity index is 658. The van der Waals surface area contributed by atoms with Gasteiger partial charge in [0.1, 0.15) is 5.69 Å². The minimum atomic E-state index is -0.175. The van der Waals surface area contributed by atoms with Crippen LogP contribution in [0.25, 0.3) is 0 Å².